The lowest BCUT2D eigenvalue weighted by atomic mass is 10.3. The van der Waals surface area contributed by atoms with Crippen LogP contribution in [0.4, 0.5) is 10.1 Å². The van der Waals surface area contributed by atoms with Crippen LogP contribution in [-0.2, 0) is 0 Å². The van der Waals surface area contributed by atoms with Crippen molar-refractivity contribution in [1.29, 1.82) is 0 Å². The molecule has 4 nitrogen and oxygen atoms in total. The van der Waals surface area contributed by atoms with Gasteiger partial charge in [0, 0.05) is 0 Å². The van der Waals surface area contributed by atoms with E-state index < -0.39 is 10.7 Å². The molecule has 0 saturated carbocycles. The number of nitrogens with zero attached hydrogens (tertiary/aromatic N) is 1. The Morgan fingerprint density at radius 1 is 1.62 bits per heavy atom. The van der Waals surface area contributed by atoms with E-state index in [9.17, 15) is 14.5 Å². The van der Waals surface area contributed by atoms with Gasteiger partial charge in [0.15, 0.2) is 0 Å². The third kappa shape index (κ3) is 1.95. The maximum atomic E-state index is 13.0. The highest BCUT2D eigenvalue weighted by molar-refractivity contribution is 9.10. The Morgan fingerprint density at radius 2 is 2.23 bits per heavy atom. The van der Waals surface area contributed by atoms with Crippen LogP contribution in [0.2, 0.25) is 0 Å². The molecular weight excluding hydrogens is 245 g/mol. The fourth-order valence-electron chi connectivity index (χ4n) is 0.804. The van der Waals surface area contributed by atoms with Crippen LogP contribution in [0.5, 0.6) is 5.75 Å². The maximum Gasteiger partial charge on any atom is 0.276 e. The van der Waals surface area contributed by atoms with E-state index in [1.807, 2.05) is 0 Å². The lowest BCUT2D eigenvalue weighted by Gasteiger charge is -2.02. The smallest absolute Gasteiger partial charge is 0.276 e. The Kier molecular flexibility index (Phi) is 2.82. The van der Waals surface area contributed by atoms with Gasteiger partial charge >= 0.3 is 0 Å². The van der Waals surface area contributed by atoms with Crippen molar-refractivity contribution in [2.75, 3.05) is 7.11 Å². The Labute approximate surface area is 81.6 Å². The Bertz CT molecular complexity index is 356. The predicted octanol–water partition coefficient (Wildman–Crippen LogP) is 2.51. The molecule has 0 heterocycles. The lowest BCUT2D eigenvalue weighted by molar-refractivity contribution is -0.385. The predicted molar refractivity (Wildman–Crippen MR) is 47.3 cm³/mol. The summed E-state index contributed by atoms with van der Waals surface area (Å²) in [6, 6.07) is 1.97. The average molecular weight is 250 g/mol. The summed E-state index contributed by atoms with van der Waals surface area (Å²) in [7, 11) is 1.31. The molecule has 0 aliphatic rings. The minimum absolute atomic E-state index is 0.0839. The van der Waals surface area contributed by atoms with Crippen LogP contribution < -0.4 is 4.74 Å². The highest BCUT2D eigenvalue weighted by Crippen LogP contribution is 2.31. The molecule has 1 rings (SSSR count). The third-order valence-electron chi connectivity index (χ3n) is 1.41. The molecule has 0 aromatic heterocycles. The summed E-state index contributed by atoms with van der Waals surface area (Å²) in [5.74, 6) is -0.613. The number of nitro groups is 1. The van der Waals surface area contributed by atoms with Crippen molar-refractivity contribution in [1.82, 2.24) is 0 Å². The van der Waals surface area contributed by atoms with Crippen molar-refractivity contribution in [3.05, 3.63) is 32.5 Å². The van der Waals surface area contributed by atoms with Gasteiger partial charge in [0.25, 0.3) is 5.69 Å². The van der Waals surface area contributed by atoms with Crippen molar-refractivity contribution in [2.24, 2.45) is 0 Å². The van der Waals surface area contributed by atoms with Gasteiger partial charge in [0.05, 0.1) is 28.6 Å². The van der Waals surface area contributed by atoms with E-state index in [0.29, 0.717) is 0 Å². The zero-order chi connectivity index (χ0) is 10.0. The lowest BCUT2D eigenvalue weighted by Crippen LogP contribution is -1.93. The van der Waals surface area contributed by atoms with Gasteiger partial charge in [-0.2, -0.15) is 0 Å². The molecule has 0 saturated heterocycles. The van der Waals surface area contributed by atoms with E-state index in [0.717, 1.165) is 12.1 Å². The standard InChI is InChI=1S/C7H5BrFNO3/c1-13-6-3-4(10(11)12)2-5(9)7(6)8/h2-3H,1H3. The Morgan fingerprint density at radius 3 is 2.69 bits per heavy atom. The number of hydrogen-bond acceptors (Lipinski definition) is 3. The summed E-state index contributed by atoms with van der Waals surface area (Å²) in [5, 5.41) is 10.3. The van der Waals surface area contributed by atoms with Crippen LogP contribution in [-0.4, -0.2) is 12.0 Å². The van der Waals surface area contributed by atoms with E-state index in [4.69, 9.17) is 4.74 Å². The molecular formula is C7H5BrFNO3. The van der Waals surface area contributed by atoms with Crippen molar-refractivity contribution >= 4 is 21.6 Å². The summed E-state index contributed by atoms with van der Waals surface area (Å²) >= 11 is 2.90. The molecule has 13 heavy (non-hydrogen) atoms. The van der Waals surface area contributed by atoms with Gasteiger partial charge in [-0.15, -0.1) is 0 Å². The molecule has 0 unspecified atom stereocenters. The molecule has 0 bridgehead atoms. The fourth-order valence-corrected chi connectivity index (χ4v) is 1.19. The quantitative estimate of drug-likeness (QED) is 0.598. The van der Waals surface area contributed by atoms with Crippen molar-refractivity contribution in [3.8, 4) is 5.75 Å². The van der Waals surface area contributed by atoms with E-state index in [1.54, 1.807) is 0 Å². The normalized spacial score (nSPS) is 9.77. The summed E-state index contributed by atoms with van der Waals surface area (Å²) in [6.07, 6.45) is 0. The number of benzene rings is 1. The summed E-state index contributed by atoms with van der Waals surface area (Å²) in [6.45, 7) is 0. The zero-order valence-electron chi connectivity index (χ0n) is 6.58. The number of halogens is 2. The van der Waals surface area contributed by atoms with Gasteiger partial charge in [0.1, 0.15) is 11.6 Å². The van der Waals surface area contributed by atoms with Crippen LogP contribution in [0.15, 0.2) is 16.6 Å². The highest BCUT2D eigenvalue weighted by Gasteiger charge is 2.15. The van der Waals surface area contributed by atoms with Crippen molar-refractivity contribution < 1.29 is 14.1 Å². The second kappa shape index (κ2) is 3.69. The number of methoxy groups -OCH3 is 1. The van der Waals surface area contributed by atoms with Gasteiger partial charge < -0.3 is 4.74 Å². The van der Waals surface area contributed by atoms with Crippen LogP contribution in [0.3, 0.4) is 0 Å². The Hall–Kier alpha value is -1.17. The molecule has 0 N–H and O–H groups in total. The molecule has 70 valence electrons. The van der Waals surface area contributed by atoms with Crippen molar-refractivity contribution in [3.63, 3.8) is 0 Å². The first kappa shape index (κ1) is 9.91. The first-order valence-corrected chi connectivity index (χ1v) is 4.03. The second-order valence-electron chi connectivity index (χ2n) is 2.20. The van der Waals surface area contributed by atoms with Crippen LogP contribution in [0.1, 0.15) is 0 Å². The highest BCUT2D eigenvalue weighted by atomic mass is 79.9. The van der Waals surface area contributed by atoms with Gasteiger partial charge in [-0.3, -0.25) is 10.1 Å². The van der Waals surface area contributed by atoms with E-state index in [1.165, 1.54) is 7.11 Å². The number of nitro benzene ring substituents is 1. The SMILES string of the molecule is COc1cc([N+](=O)[O-])cc(F)c1Br. The Balaban J connectivity index is 3.30. The minimum atomic E-state index is -0.717. The van der Waals surface area contributed by atoms with Gasteiger partial charge in [-0.25, -0.2) is 4.39 Å². The van der Waals surface area contributed by atoms with E-state index >= 15 is 0 Å². The van der Waals surface area contributed by atoms with E-state index in [-0.39, 0.29) is 15.9 Å². The number of hydrogen-bond donors (Lipinski definition) is 0. The molecule has 0 atom stereocenters. The molecule has 1 aromatic carbocycles. The summed E-state index contributed by atoms with van der Waals surface area (Å²) in [5.41, 5.74) is -0.336. The first-order chi connectivity index (χ1) is 6.06. The maximum absolute atomic E-state index is 13.0. The van der Waals surface area contributed by atoms with Crippen LogP contribution >= 0.6 is 15.9 Å². The molecule has 0 aliphatic heterocycles. The van der Waals surface area contributed by atoms with Gasteiger partial charge in [-0.05, 0) is 15.9 Å². The fraction of sp³-hybridized carbons (Fsp3) is 0.143. The van der Waals surface area contributed by atoms with Crippen LogP contribution in [0.25, 0.3) is 0 Å². The number of rotatable bonds is 2. The average Bonchev–Trinajstić information content (AvgIpc) is 2.09. The molecule has 1 aromatic rings. The third-order valence-corrected chi connectivity index (χ3v) is 2.18. The summed E-state index contributed by atoms with van der Waals surface area (Å²) in [4.78, 5) is 9.62. The number of non-ortho nitro benzene ring substituents is 1. The van der Waals surface area contributed by atoms with Crippen molar-refractivity contribution in [2.45, 2.75) is 0 Å². The molecule has 0 spiro atoms. The summed E-state index contributed by atoms with van der Waals surface area (Å²) < 4.78 is 17.8. The van der Waals surface area contributed by atoms with Gasteiger partial charge in [0.2, 0.25) is 0 Å². The molecule has 6 heteroatoms. The second-order valence-corrected chi connectivity index (χ2v) is 2.99. The van der Waals surface area contributed by atoms with Crippen LogP contribution in [0, 0.1) is 15.9 Å². The molecule has 0 aliphatic carbocycles. The zero-order valence-corrected chi connectivity index (χ0v) is 8.17. The van der Waals surface area contributed by atoms with E-state index in [2.05, 4.69) is 15.9 Å². The number of ether oxygens (including phenoxy) is 1. The largest absolute Gasteiger partial charge is 0.495 e. The molecule has 0 fully saturated rings. The molecule has 0 amide bonds. The first-order valence-electron chi connectivity index (χ1n) is 3.23. The monoisotopic (exact) mass is 249 g/mol. The van der Waals surface area contributed by atoms with Gasteiger partial charge in [-0.1, -0.05) is 0 Å². The minimum Gasteiger partial charge on any atom is -0.495 e. The topological polar surface area (TPSA) is 52.4 Å². The molecule has 0 radical (unpaired) electrons.